The van der Waals surface area contributed by atoms with Crippen LogP contribution in [0.4, 0.5) is 0 Å². The summed E-state index contributed by atoms with van der Waals surface area (Å²) in [7, 11) is 0. The van der Waals surface area contributed by atoms with E-state index in [0.29, 0.717) is 56.0 Å². The van der Waals surface area contributed by atoms with Gasteiger partial charge in [-0.1, -0.05) is 12.1 Å². The van der Waals surface area contributed by atoms with Crippen molar-refractivity contribution in [1.29, 1.82) is 5.26 Å². The lowest BCUT2D eigenvalue weighted by Crippen LogP contribution is -2.48. The first-order valence-electron chi connectivity index (χ1n) is 13.6. The summed E-state index contributed by atoms with van der Waals surface area (Å²) in [4.78, 5) is 33.9. The van der Waals surface area contributed by atoms with Crippen LogP contribution in [0.15, 0.2) is 60.8 Å². The first kappa shape index (κ1) is 26.5. The highest BCUT2D eigenvalue weighted by atomic mass is 16.5. The number of H-pyrrole nitrogens is 1. The lowest BCUT2D eigenvalue weighted by molar-refractivity contribution is -0.135. The van der Waals surface area contributed by atoms with E-state index in [-0.39, 0.29) is 24.0 Å². The standard InChI is InChI=1S/C31H29N5O5/c32-15-22-13-21(5-6-28(22)41-24-8-11-36(12-9-24)29(38)16-37)30-25-14-27(35-26(25)7-10-33-30)19-1-3-20(4-2-19)31(39)34-23-17-40-18-23/h1-7,10,13-14,23-24,35,37H,8-9,11-12,16-18H2,(H,34,39). The first-order valence-corrected chi connectivity index (χ1v) is 13.6. The molecule has 2 aliphatic rings. The molecule has 2 aliphatic heterocycles. The van der Waals surface area contributed by atoms with Crippen molar-refractivity contribution in [2.24, 2.45) is 0 Å². The normalized spacial score (nSPS) is 15.8. The van der Waals surface area contributed by atoms with Gasteiger partial charge in [-0.3, -0.25) is 14.6 Å². The zero-order valence-electron chi connectivity index (χ0n) is 22.3. The second kappa shape index (κ2) is 11.4. The average Bonchev–Trinajstić information content (AvgIpc) is 3.44. The van der Waals surface area contributed by atoms with Crippen molar-refractivity contribution in [1.82, 2.24) is 20.2 Å². The predicted molar refractivity (Wildman–Crippen MR) is 151 cm³/mol. The van der Waals surface area contributed by atoms with E-state index in [9.17, 15) is 14.9 Å². The number of likely N-dealkylation sites (tertiary alicyclic amines) is 1. The summed E-state index contributed by atoms with van der Waals surface area (Å²) >= 11 is 0. The fraction of sp³-hybridized carbons (Fsp3) is 0.290. The van der Waals surface area contributed by atoms with Gasteiger partial charge in [-0.05, 0) is 48.0 Å². The maximum absolute atomic E-state index is 12.4. The van der Waals surface area contributed by atoms with Gasteiger partial charge in [-0.2, -0.15) is 5.26 Å². The van der Waals surface area contributed by atoms with Crippen LogP contribution in [-0.4, -0.2) is 76.8 Å². The summed E-state index contributed by atoms with van der Waals surface area (Å²) in [6.07, 6.45) is 2.88. The second-order valence-electron chi connectivity index (χ2n) is 10.3. The molecule has 0 spiro atoms. The minimum atomic E-state index is -0.489. The molecule has 2 fully saturated rings. The van der Waals surface area contributed by atoms with Gasteiger partial charge in [0.25, 0.3) is 5.91 Å². The summed E-state index contributed by atoms with van der Waals surface area (Å²) in [6, 6.07) is 19.2. The number of fused-ring (bicyclic) bond motifs is 1. The van der Waals surface area contributed by atoms with Gasteiger partial charge in [-0.15, -0.1) is 0 Å². The quantitative estimate of drug-likeness (QED) is 0.320. The van der Waals surface area contributed by atoms with Crippen molar-refractivity contribution >= 4 is 22.7 Å². The summed E-state index contributed by atoms with van der Waals surface area (Å²) in [5.74, 6) is 0.106. The smallest absolute Gasteiger partial charge is 0.251 e. The highest BCUT2D eigenvalue weighted by Gasteiger charge is 2.24. The number of aromatic amines is 1. The van der Waals surface area contributed by atoms with E-state index in [1.807, 2.05) is 30.3 Å². The third kappa shape index (κ3) is 5.50. The Morgan fingerprint density at radius 2 is 1.85 bits per heavy atom. The van der Waals surface area contributed by atoms with Crippen LogP contribution in [0.25, 0.3) is 33.4 Å². The molecule has 10 heteroatoms. The molecule has 0 bridgehead atoms. The minimum absolute atomic E-state index is 0.0755. The summed E-state index contributed by atoms with van der Waals surface area (Å²) in [5, 5.41) is 22.8. The number of aliphatic hydroxyl groups excluding tert-OH is 1. The van der Waals surface area contributed by atoms with Crippen LogP contribution in [0.1, 0.15) is 28.8 Å². The van der Waals surface area contributed by atoms with E-state index in [0.717, 1.165) is 33.4 Å². The molecular weight excluding hydrogens is 522 g/mol. The number of hydrogen-bond donors (Lipinski definition) is 3. The van der Waals surface area contributed by atoms with Gasteiger partial charge in [-0.25, -0.2) is 0 Å². The molecule has 4 heterocycles. The van der Waals surface area contributed by atoms with Gasteiger partial charge in [0.1, 0.15) is 24.5 Å². The number of piperidine rings is 1. The molecule has 3 N–H and O–H groups in total. The third-order valence-electron chi connectivity index (χ3n) is 7.58. The number of nitrogens with one attached hydrogen (secondary N) is 2. The van der Waals surface area contributed by atoms with Crippen LogP contribution in [0, 0.1) is 11.3 Å². The molecule has 4 aromatic rings. The van der Waals surface area contributed by atoms with Gasteiger partial charge in [0.15, 0.2) is 0 Å². The van der Waals surface area contributed by atoms with Gasteiger partial charge in [0.2, 0.25) is 5.91 Å². The SMILES string of the molecule is N#Cc1cc(-c2nccc3[nH]c(-c4ccc(C(=O)NC5COC5)cc4)cc23)ccc1OC1CCN(C(=O)CO)CC1. The number of aliphatic hydroxyl groups is 1. The fourth-order valence-electron chi connectivity index (χ4n) is 5.20. The number of ether oxygens (including phenoxy) is 2. The summed E-state index contributed by atoms with van der Waals surface area (Å²) in [5.41, 5.74) is 5.26. The predicted octanol–water partition coefficient (Wildman–Crippen LogP) is 3.26. The second-order valence-corrected chi connectivity index (χ2v) is 10.3. The van der Waals surface area contributed by atoms with Crippen molar-refractivity contribution in [2.75, 3.05) is 32.9 Å². The van der Waals surface area contributed by atoms with Crippen LogP contribution < -0.4 is 10.1 Å². The highest BCUT2D eigenvalue weighted by molar-refractivity contribution is 5.97. The Balaban J connectivity index is 1.20. The summed E-state index contributed by atoms with van der Waals surface area (Å²) < 4.78 is 11.3. The number of benzene rings is 2. The lowest BCUT2D eigenvalue weighted by atomic mass is 10.0. The van der Waals surface area contributed by atoms with Crippen molar-refractivity contribution in [3.63, 3.8) is 0 Å². The Morgan fingerprint density at radius 3 is 2.54 bits per heavy atom. The zero-order valence-corrected chi connectivity index (χ0v) is 22.3. The fourth-order valence-corrected chi connectivity index (χ4v) is 5.20. The molecular formula is C31H29N5O5. The molecule has 6 rings (SSSR count). The van der Waals surface area contributed by atoms with E-state index < -0.39 is 6.61 Å². The average molecular weight is 552 g/mol. The van der Waals surface area contributed by atoms with Crippen molar-refractivity contribution in [3.05, 3.63) is 71.9 Å². The van der Waals surface area contributed by atoms with Crippen LogP contribution in [0.3, 0.4) is 0 Å². The van der Waals surface area contributed by atoms with Crippen LogP contribution >= 0.6 is 0 Å². The van der Waals surface area contributed by atoms with E-state index in [1.165, 1.54) is 0 Å². The van der Waals surface area contributed by atoms with Crippen LogP contribution in [0.5, 0.6) is 5.75 Å². The maximum atomic E-state index is 12.4. The van der Waals surface area contributed by atoms with E-state index in [1.54, 1.807) is 35.4 Å². The first-order chi connectivity index (χ1) is 20.0. The van der Waals surface area contributed by atoms with Crippen molar-refractivity contribution in [3.8, 4) is 34.3 Å². The van der Waals surface area contributed by atoms with Gasteiger partial charge < -0.3 is 29.8 Å². The molecule has 2 aromatic heterocycles. The molecule has 0 radical (unpaired) electrons. The Labute approximate surface area is 236 Å². The molecule has 0 aliphatic carbocycles. The molecule has 2 aromatic carbocycles. The highest BCUT2D eigenvalue weighted by Crippen LogP contribution is 2.33. The van der Waals surface area contributed by atoms with Crippen molar-refractivity contribution < 1.29 is 24.2 Å². The van der Waals surface area contributed by atoms with E-state index in [2.05, 4.69) is 21.4 Å². The number of carbonyl (C=O) groups is 2. The van der Waals surface area contributed by atoms with Gasteiger partial charge in [0, 0.05) is 59.9 Å². The maximum Gasteiger partial charge on any atom is 0.251 e. The van der Waals surface area contributed by atoms with Crippen LogP contribution in [-0.2, 0) is 9.53 Å². The number of nitriles is 1. The van der Waals surface area contributed by atoms with E-state index >= 15 is 0 Å². The van der Waals surface area contributed by atoms with Crippen LogP contribution in [0.2, 0.25) is 0 Å². The largest absolute Gasteiger partial charge is 0.489 e. The molecule has 0 unspecified atom stereocenters. The minimum Gasteiger partial charge on any atom is -0.489 e. The number of aromatic nitrogens is 2. The molecule has 0 saturated carbocycles. The number of amides is 2. The Morgan fingerprint density at radius 1 is 1.10 bits per heavy atom. The molecule has 208 valence electrons. The molecule has 2 saturated heterocycles. The Kier molecular flexibility index (Phi) is 7.37. The lowest BCUT2D eigenvalue weighted by Gasteiger charge is -2.32. The zero-order chi connectivity index (χ0) is 28.3. The summed E-state index contributed by atoms with van der Waals surface area (Å²) in [6.45, 7) is 1.64. The Bertz CT molecular complexity index is 1630. The molecule has 41 heavy (non-hydrogen) atoms. The number of hydrogen-bond acceptors (Lipinski definition) is 7. The number of rotatable bonds is 7. The molecule has 0 atom stereocenters. The Hall–Kier alpha value is -4.72. The van der Waals surface area contributed by atoms with Crippen molar-refractivity contribution in [2.45, 2.75) is 25.0 Å². The number of pyridine rings is 1. The topological polar surface area (TPSA) is 141 Å². The van der Waals surface area contributed by atoms with Gasteiger partial charge >= 0.3 is 0 Å². The van der Waals surface area contributed by atoms with Gasteiger partial charge in [0.05, 0.1) is 30.5 Å². The van der Waals surface area contributed by atoms with E-state index in [4.69, 9.17) is 14.6 Å². The number of nitrogens with zero attached hydrogens (tertiary/aromatic N) is 3. The monoisotopic (exact) mass is 551 g/mol. The molecule has 2 amide bonds. The molecule has 10 nitrogen and oxygen atoms in total. The number of carbonyl (C=O) groups excluding carboxylic acids is 2. The third-order valence-corrected chi connectivity index (χ3v) is 7.58.